The van der Waals surface area contributed by atoms with Crippen LogP contribution < -0.4 is 10.2 Å². The van der Waals surface area contributed by atoms with Crippen LogP contribution in [0.4, 0.5) is 15.8 Å². The van der Waals surface area contributed by atoms with Gasteiger partial charge < -0.3 is 10.2 Å². The SMILES string of the molecule is O=C1c2cc(CNc3cccc(Cl)c3)nn2CCN1c1ccc(F)cc1. The second-order valence-electron chi connectivity index (χ2n) is 6.04. The Morgan fingerprint density at radius 1 is 1.12 bits per heavy atom. The zero-order valence-corrected chi connectivity index (χ0v) is 14.6. The summed E-state index contributed by atoms with van der Waals surface area (Å²) >= 11 is 5.98. The van der Waals surface area contributed by atoms with Crippen LogP contribution in [0.3, 0.4) is 0 Å². The molecular formula is C19H16ClFN4O. The van der Waals surface area contributed by atoms with Gasteiger partial charge in [-0.2, -0.15) is 5.10 Å². The van der Waals surface area contributed by atoms with Gasteiger partial charge in [0.25, 0.3) is 5.91 Å². The second-order valence-corrected chi connectivity index (χ2v) is 6.48. The maximum absolute atomic E-state index is 13.1. The molecule has 2 heterocycles. The topological polar surface area (TPSA) is 50.2 Å². The Morgan fingerprint density at radius 2 is 1.92 bits per heavy atom. The molecule has 26 heavy (non-hydrogen) atoms. The van der Waals surface area contributed by atoms with E-state index < -0.39 is 0 Å². The van der Waals surface area contributed by atoms with Crippen molar-refractivity contribution < 1.29 is 9.18 Å². The molecule has 5 nitrogen and oxygen atoms in total. The van der Waals surface area contributed by atoms with Crippen LogP contribution in [0.1, 0.15) is 16.2 Å². The minimum Gasteiger partial charge on any atom is -0.379 e. The van der Waals surface area contributed by atoms with Crippen molar-refractivity contribution in [3.05, 3.63) is 76.8 Å². The van der Waals surface area contributed by atoms with E-state index in [2.05, 4.69) is 10.4 Å². The van der Waals surface area contributed by atoms with Crippen LogP contribution in [0.15, 0.2) is 54.6 Å². The highest BCUT2D eigenvalue weighted by molar-refractivity contribution is 6.30. The van der Waals surface area contributed by atoms with E-state index in [1.165, 1.54) is 12.1 Å². The number of fused-ring (bicyclic) bond motifs is 1. The predicted molar refractivity (Wildman–Crippen MR) is 99.1 cm³/mol. The van der Waals surface area contributed by atoms with E-state index in [9.17, 15) is 9.18 Å². The highest BCUT2D eigenvalue weighted by atomic mass is 35.5. The maximum atomic E-state index is 13.1. The van der Waals surface area contributed by atoms with Crippen molar-refractivity contribution in [2.75, 3.05) is 16.8 Å². The van der Waals surface area contributed by atoms with Gasteiger partial charge in [0.1, 0.15) is 11.5 Å². The predicted octanol–water partition coefficient (Wildman–Crippen LogP) is 3.95. The molecule has 0 saturated carbocycles. The first-order chi connectivity index (χ1) is 12.6. The van der Waals surface area contributed by atoms with Crippen molar-refractivity contribution in [1.29, 1.82) is 0 Å². The molecule has 1 amide bonds. The number of carbonyl (C=O) groups excluding carboxylic acids is 1. The summed E-state index contributed by atoms with van der Waals surface area (Å²) in [5.41, 5.74) is 2.88. The summed E-state index contributed by atoms with van der Waals surface area (Å²) < 4.78 is 14.8. The van der Waals surface area contributed by atoms with Crippen molar-refractivity contribution in [2.45, 2.75) is 13.1 Å². The molecule has 0 spiro atoms. The molecule has 4 rings (SSSR count). The number of amides is 1. The van der Waals surface area contributed by atoms with Gasteiger partial charge in [-0.25, -0.2) is 4.39 Å². The summed E-state index contributed by atoms with van der Waals surface area (Å²) in [4.78, 5) is 14.4. The van der Waals surface area contributed by atoms with Crippen LogP contribution >= 0.6 is 11.6 Å². The Balaban J connectivity index is 1.51. The molecule has 1 aromatic heterocycles. The van der Waals surface area contributed by atoms with Gasteiger partial charge in [-0.1, -0.05) is 17.7 Å². The fraction of sp³-hybridized carbons (Fsp3) is 0.158. The minimum absolute atomic E-state index is 0.135. The van der Waals surface area contributed by atoms with E-state index in [0.29, 0.717) is 36.0 Å². The van der Waals surface area contributed by atoms with Crippen molar-refractivity contribution in [3.8, 4) is 0 Å². The van der Waals surface area contributed by atoms with E-state index >= 15 is 0 Å². The first-order valence-electron chi connectivity index (χ1n) is 8.24. The van der Waals surface area contributed by atoms with Gasteiger partial charge in [0, 0.05) is 22.9 Å². The number of nitrogens with zero attached hydrogens (tertiary/aromatic N) is 3. The average Bonchev–Trinajstić information content (AvgIpc) is 3.06. The van der Waals surface area contributed by atoms with Gasteiger partial charge in [0.05, 0.1) is 18.8 Å². The third-order valence-electron chi connectivity index (χ3n) is 4.27. The van der Waals surface area contributed by atoms with E-state index in [-0.39, 0.29) is 11.7 Å². The third kappa shape index (κ3) is 3.28. The van der Waals surface area contributed by atoms with Crippen molar-refractivity contribution in [2.24, 2.45) is 0 Å². The van der Waals surface area contributed by atoms with Gasteiger partial charge >= 0.3 is 0 Å². The van der Waals surface area contributed by atoms with Crippen LogP contribution in [0.5, 0.6) is 0 Å². The molecule has 1 aliphatic heterocycles. The Hall–Kier alpha value is -2.86. The van der Waals surface area contributed by atoms with Gasteiger partial charge in [0.15, 0.2) is 0 Å². The highest BCUT2D eigenvalue weighted by Gasteiger charge is 2.27. The zero-order chi connectivity index (χ0) is 18.1. The molecule has 0 unspecified atom stereocenters. The summed E-state index contributed by atoms with van der Waals surface area (Å²) in [6.45, 7) is 1.58. The second kappa shape index (κ2) is 6.80. The number of aromatic nitrogens is 2. The number of carbonyl (C=O) groups is 1. The van der Waals surface area contributed by atoms with Crippen LogP contribution in [-0.2, 0) is 13.1 Å². The number of hydrogen-bond acceptors (Lipinski definition) is 3. The van der Waals surface area contributed by atoms with Gasteiger partial charge in [-0.15, -0.1) is 0 Å². The Bertz CT molecular complexity index is 954. The molecule has 2 aromatic carbocycles. The Morgan fingerprint density at radius 3 is 2.69 bits per heavy atom. The first-order valence-corrected chi connectivity index (χ1v) is 8.61. The van der Waals surface area contributed by atoms with Gasteiger partial charge in [-0.05, 0) is 48.5 Å². The monoisotopic (exact) mass is 370 g/mol. The quantitative estimate of drug-likeness (QED) is 0.756. The Labute approximate surface area is 155 Å². The van der Waals surface area contributed by atoms with Gasteiger partial charge in [0.2, 0.25) is 0 Å². The molecule has 1 N–H and O–H groups in total. The number of benzene rings is 2. The highest BCUT2D eigenvalue weighted by Crippen LogP contribution is 2.22. The third-order valence-corrected chi connectivity index (χ3v) is 4.50. The van der Waals surface area contributed by atoms with Crippen LogP contribution in [-0.4, -0.2) is 22.2 Å². The van der Waals surface area contributed by atoms with E-state index in [1.54, 1.807) is 27.8 Å². The summed E-state index contributed by atoms with van der Waals surface area (Å²) in [7, 11) is 0. The number of anilines is 2. The largest absolute Gasteiger partial charge is 0.379 e. The molecule has 3 aromatic rings. The Kier molecular flexibility index (Phi) is 4.34. The summed E-state index contributed by atoms with van der Waals surface area (Å²) in [6, 6.07) is 15.2. The molecule has 132 valence electrons. The average molecular weight is 371 g/mol. The van der Waals surface area contributed by atoms with E-state index in [1.807, 2.05) is 24.3 Å². The fourth-order valence-electron chi connectivity index (χ4n) is 2.99. The molecule has 0 bridgehead atoms. The summed E-state index contributed by atoms with van der Waals surface area (Å²) in [5.74, 6) is -0.456. The number of halogens is 2. The van der Waals surface area contributed by atoms with Crippen LogP contribution in [0, 0.1) is 5.82 Å². The molecule has 0 aliphatic carbocycles. The zero-order valence-electron chi connectivity index (χ0n) is 13.8. The lowest BCUT2D eigenvalue weighted by Gasteiger charge is -2.27. The van der Waals surface area contributed by atoms with Crippen LogP contribution in [0.25, 0.3) is 0 Å². The fourth-order valence-corrected chi connectivity index (χ4v) is 3.18. The van der Waals surface area contributed by atoms with Crippen molar-refractivity contribution in [3.63, 3.8) is 0 Å². The number of rotatable bonds is 4. The lowest BCUT2D eigenvalue weighted by Crippen LogP contribution is -2.40. The van der Waals surface area contributed by atoms with Crippen LogP contribution in [0.2, 0.25) is 5.02 Å². The maximum Gasteiger partial charge on any atom is 0.276 e. The van der Waals surface area contributed by atoms with E-state index in [0.717, 1.165) is 11.4 Å². The first kappa shape index (κ1) is 16.6. The van der Waals surface area contributed by atoms with Crippen molar-refractivity contribution >= 4 is 28.9 Å². The number of nitrogens with one attached hydrogen (secondary N) is 1. The normalized spacial score (nSPS) is 13.6. The lowest BCUT2D eigenvalue weighted by molar-refractivity contribution is 0.0962. The summed E-state index contributed by atoms with van der Waals surface area (Å²) in [6.07, 6.45) is 0. The van der Waals surface area contributed by atoms with Crippen molar-refractivity contribution in [1.82, 2.24) is 9.78 Å². The number of hydrogen-bond donors (Lipinski definition) is 1. The molecule has 0 fully saturated rings. The smallest absolute Gasteiger partial charge is 0.276 e. The molecular weight excluding hydrogens is 355 g/mol. The minimum atomic E-state index is -0.322. The molecule has 0 saturated heterocycles. The summed E-state index contributed by atoms with van der Waals surface area (Å²) in [5, 5.41) is 8.40. The molecule has 1 aliphatic rings. The lowest BCUT2D eigenvalue weighted by atomic mass is 10.2. The van der Waals surface area contributed by atoms with Gasteiger partial charge in [-0.3, -0.25) is 9.48 Å². The molecule has 7 heteroatoms. The standard InChI is InChI=1S/C19H16ClFN4O/c20-13-2-1-3-15(10-13)22-12-16-11-18-19(26)24(8-9-25(18)23-16)17-6-4-14(21)5-7-17/h1-7,10-11,22H,8-9,12H2. The molecule has 0 atom stereocenters. The molecule has 0 radical (unpaired) electrons. The van der Waals surface area contributed by atoms with E-state index in [4.69, 9.17) is 11.6 Å².